The van der Waals surface area contributed by atoms with Crippen molar-refractivity contribution < 1.29 is 9.53 Å². The van der Waals surface area contributed by atoms with Crippen LogP contribution in [0.25, 0.3) is 10.2 Å². The molecule has 1 amide bonds. The van der Waals surface area contributed by atoms with Gasteiger partial charge in [0.05, 0.1) is 17.7 Å². The Morgan fingerprint density at radius 1 is 1.27 bits per heavy atom. The van der Waals surface area contributed by atoms with E-state index in [1.54, 1.807) is 19.1 Å². The molecule has 2 heterocycles. The highest BCUT2D eigenvalue weighted by molar-refractivity contribution is 7.18. The maximum absolute atomic E-state index is 12.9. The van der Waals surface area contributed by atoms with E-state index in [0.717, 1.165) is 15.3 Å². The molecule has 0 radical (unpaired) electrons. The third-order valence-corrected chi connectivity index (χ3v) is 5.34. The van der Waals surface area contributed by atoms with E-state index in [9.17, 15) is 9.59 Å². The van der Waals surface area contributed by atoms with Gasteiger partial charge in [-0.1, -0.05) is 12.1 Å². The standard InChI is InChI=1S/C19H21N3O3S/c1-5-25-15-9-7-6-8-14(15)21-16(23)10-22-13(4)20-18-17(19(22)24)11(2)12(3)26-18/h6-9H,5,10H2,1-4H3,(H,21,23). The van der Waals surface area contributed by atoms with Gasteiger partial charge in [0, 0.05) is 4.88 Å². The van der Waals surface area contributed by atoms with Crippen LogP contribution in [0.1, 0.15) is 23.2 Å². The summed E-state index contributed by atoms with van der Waals surface area (Å²) in [7, 11) is 0. The Morgan fingerprint density at radius 3 is 2.73 bits per heavy atom. The van der Waals surface area contributed by atoms with Crippen LogP contribution in [0.15, 0.2) is 29.1 Å². The van der Waals surface area contributed by atoms with Gasteiger partial charge in [-0.3, -0.25) is 14.2 Å². The fourth-order valence-electron chi connectivity index (χ4n) is 2.80. The topological polar surface area (TPSA) is 73.2 Å². The van der Waals surface area contributed by atoms with Gasteiger partial charge in [-0.15, -0.1) is 11.3 Å². The van der Waals surface area contributed by atoms with Gasteiger partial charge in [0.25, 0.3) is 5.56 Å². The molecule has 0 saturated carbocycles. The number of aryl methyl sites for hydroxylation is 3. The fraction of sp³-hybridized carbons (Fsp3) is 0.316. The van der Waals surface area contributed by atoms with Crippen LogP contribution in [0.5, 0.6) is 5.75 Å². The van der Waals surface area contributed by atoms with Gasteiger partial charge in [-0.25, -0.2) is 4.98 Å². The van der Waals surface area contributed by atoms with E-state index in [-0.39, 0.29) is 18.0 Å². The number of fused-ring (bicyclic) bond motifs is 1. The van der Waals surface area contributed by atoms with E-state index >= 15 is 0 Å². The molecule has 7 heteroatoms. The van der Waals surface area contributed by atoms with Crippen molar-refractivity contribution in [3.63, 3.8) is 0 Å². The van der Waals surface area contributed by atoms with Crippen molar-refractivity contribution in [3.8, 4) is 5.75 Å². The van der Waals surface area contributed by atoms with E-state index < -0.39 is 0 Å². The molecule has 0 aliphatic rings. The van der Waals surface area contributed by atoms with Crippen LogP contribution < -0.4 is 15.6 Å². The Hall–Kier alpha value is -2.67. The summed E-state index contributed by atoms with van der Waals surface area (Å²) in [6, 6.07) is 7.23. The Kier molecular flexibility index (Phi) is 5.08. The number of para-hydroxylation sites is 2. The van der Waals surface area contributed by atoms with Crippen molar-refractivity contribution in [3.05, 3.63) is 50.9 Å². The molecule has 26 heavy (non-hydrogen) atoms. The van der Waals surface area contributed by atoms with E-state index in [0.29, 0.717) is 29.3 Å². The molecule has 2 aromatic heterocycles. The van der Waals surface area contributed by atoms with Crippen LogP contribution >= 0.6 is 11.3 Å². The van der Waals surface area contributed by atoms with Gasteiger partial charge in [0.15, 0.2) is 0 Å². The minimum atomic E-state index is -0.298. The molecule has 0 aliphatic heterocycles. The molecule has 0 bridgehead atoms. The van der Waals surface area contributed by atoms with Crippen LogP contribution in [0, 0.1) is 20.8 Å². The lowest BCUT2D eigenvalue weighted by molar-refractivity contribution is -0.116. The van der Waals surface area contributed by atoms with Gasteiger partial charge >= 0.3 is 0 Å². The first kappa shape index (κ1) is 18.1. The summed E-state index contributed by atoms with van der Waals surface area (Å²) in [6.45, 7) is 7.92. The van der Waals surface area contributed by atoms with Crippen LogP contribution in [0.2, 0.25) is 0 Å². The molecule has 0 aliphatic carbocycles. The number of anilines is 1. The van der Waals surface area contributed by atoms with Gasteiger partial charge in [0.2, 0.25) is 5.91 Å². The molecule has 3 aromatic rings. The van der Waals surface area contributed by atoms with Gasteiger partial charge in [0.1, 0.15) is 22.9 Å². The zero-order valence-corrected chi connectivity index (χ0v) is 16.1. The second-order valence-corrected chi connectivity index (χ2v) is 7.19. The number of ether oxygens (including phenoxy) is 1. The summed E-state index contributed by atoms with van der Waals surface area (Å²) in [5.74, 6) is 0.829. The van der Waals surface area contributed by atoms with Crippen LogP contribution in [0.3, 0.4) is 0 Å². The Morgan fingerprint density at radius 2 is 2.00 bits per heavy atom. The second kappa shape index (κ2) is 7.29. The van der Waals surface area contributed by atoms with E-state index in [2.05, 4.69) is 10.3 Å². The maximum Gasteiger partial charge on any atom is 0.263 e. The third kappa shape index (κ3) is 3.35. The number of hydrogen-bond donors (Lipinski definition) is 1. The van der Waals surface area contributed by atoms with Crippen molar-refractivity contribution >= 4 is 33.1 Å². The number of nitrogens with one attached hydrogen (secondary N) is 1. The highest BCUT2D eigenvalue weighted by Crippen LogP contribution is 2.26. The number of amides is 1. The average Bonchev–Trinajstić information content (AvgIpc) is 2.87. The van der Waals surface area contributed by atoms with Crippen molar-refractivity contribution in [1.82, 2.24) is 9.55 Å². The summed E-state index contributed by atoms with van der Waals surface area (Å²) in [5, 5.41) is 3.42. The minimum Gasteiger partial charge on any atom is -0.492 e. The largest absolute Gasteiger partial charge is 0.492 e. The minimum absolute atomic E-state index is 0.0948. The predicted octanol–water partition coefficient (Wildman–Crippen LogP) is 3.42. The molecular formula is C19H21N3O3S. The van der Waals surface area contributed by atoms with Crippen molar-refractivity contribution in [1.29, 1.82) is 0 Å². The molecule has 0 spiro atoms. The molecular weight excluding hydrogens is 350 g/mol. The lowest BCUT2D eigenvalue weighted by atomic mass is 10.2. The molecule has 0 atom stereocenters. The summed E-state index contributed by atoms with van der Waals surface area (Å²) < 4.78 is 6.93. The number of rotatable bonds is 5. The summed E-state index contributed by atoms with van der Waals surface area (Å²) in [5.41, 5.74) is 1.34. The lowest BCUT2D eigenvalue weighted by Gasteiger charge is -2.13. The zero-order chi connectivity index (χ0) is 18.8. The van der Waals surface area contributed by atoms with E-state index in [1.165, 1.54) is 15.9 Å². The van der Waals surface area contributed by atoms with E-state index in [4.69, 9.17) is 4.74 Å². The number of carbonyl (C=O) groups is 1. The molecule has 0 fully saturated rings. The number of hydrogen-bond acceptors (Lipinski definition) is 5. The van der Waals surface area contributed by atoms with E-state index in [1.807, 2.05) is 32.9 Å². The average molecular weight is 371 g/mol. The number of aromatic nitrogens is 2. The van der Waals surface area contributed by atoms with Crippen LogP contribution in [0.4, 0.5) is 5.69 Å². The van der Waals surface area contributed by atoms with Gasteiger partial charge in [-0.2, -0.15) is 0 Å². The lowest BCUT2D eigenvalue weighted by Crippen LogP contribution is -2.30. The maximum atomic E-state index is 12.9. The fourth-order valence-corrected chi connectivity index (χ4v) is 3.87. The quantitative estimate of drug-likeness (QED) is 0.746. The molecule has 136 valence electrons. The SMILES string of the molecule is CCOc1ccccc1NC(=O)Cn1c(C)nc2sc(C)c(C)c2c1=O. The normalized spacial score (nSPS) is 10.9. The molecule has 1 N–H and O–H groups in total. The van der Waals surface area contributed by atoms with Crippen molar-refractivity contribution in [2.45, 2.75) is 34.2 Å². The van der Waals surface area contributed by atoms with Crippen LogP contribution in [-0.4, -0.2) is 22.1 Å². The number of thiophene rings is 1. The summed E-state index contributed by atoms with van der Waals surface area (Å²) in [4.78, 5) is 31.7. The van der Waals surface area contributed by atoms with Crippen molar-refractivity contribution in [2.75, 3.05) is 11.9 Å². The number of carbonyl (C=O) groups excluding carboxylic acids is 1. The molecule has 6 nitrogen and oxygen atoms in total. The highest BCUT2D eigenvalue weighted by atomic mass is 32.1. The van der Waals surface area contributed by atoms with Gasteiger partial charge in [-0.05, 0) is 45.4 Å². The Bertz CT molecular complexity index is 1040. The first-order chi connectivity index (χ1) is 12.4. The van der Waals surface area contributed by atoms with Gasteiger partial charge < -0.3 is 10.1 Å². The monoisotopic (exact) mass is 371 g/mol. The Balaban J connectivity index is 1.91. The zero-order valence-electron chi connectivity index (χ0n) is 15.3. The van der Waals surface area contributed by atoms with Crippen molar-refractivity contribution in [2.24, 2.45) is 0 Å². The smallest absolute Gasteiger partial charge is 0.263 e. The second-order valence-electron chi connectivity index (χ2n) is 5.99. The number of nitrogens with zero attached hydrogens (tertiary/aromatic N) is 2. The Labute approximate surface area is 155 Å². The molecule has 0 saturated heterocycles. The van der Waals surface area contributed by atoms with Crippen LogP contribution in [-0.2, 0) is 11.3 Å². The molecule has 1 aromatic carbocycles. The first-order valence-electron chi connectivity index (χ1n) is 8.41. The highest BCUT2D eigenvalue weighted by Gasteiger charge is 2.17. The summed E-state index contributed by atoms with van der Waals surface area (Å²) in [6.07, 6.45) is 0. The first-order valence-corrected chi connectivity index (χ1v) is 9.22. The summed E-state index contributed by atoms with van der Waals surface area (Å²) >= 11 is 1.50. The third-order valence-electron chi connectivity index (χ3n) is 4.24. The molecule has 0 unspecified atom stereocenters. The molecule has 3 rings (SSSR count). The predicted molar refractivity (Wildman–Crippen MR) is 104 cm³/mol. The number of benzene rings is 1.